The number of rotatable bonds is 7. The molecule has 0 aliphatic carbocycles. The number of ether oxygens (including phenoxy) is 1. The van der Waals surface area contributed by atoms with Gasteiger partial charge in [-0.1, -0.05) is 29.3 Å². The van der Waals surface area contributed by atoms with Crippen LogP contribution < -0.4 is 20.8 Å². The van der Waals surface area contributed by atoms with Crippen molar-refractivity contribution in [2.45, 2.75) is 33.7 Å². The van der Waals surface area contributed by atoms with Crippen LogP contribution in [0.4, 0.5) is 5.69 Å². The van der Waals surface area contributed by atoms with Crippen molar-refractivity contribution in [2.24, 2.45) is 5.10 Å². The zero-order valence-corrected chi connectivity index (χ0v) is 18.5. The molecule has 164 valence electrons. The first kappa shape index (κ1) is 23.9. The fourth-order valence-corrected chi connectivity index (χ4v) is 2.75. The predicted octanol–water partition coefficient (Wildman–Crippen LogP) is 2.95. The van der Waals surface area contributed by atoms with Crippen molar-refractivity contribution in [3.05, 3.63) is 58.1 Å². The molecule has 8 nitrogen and oxygen atoms in total. The molecule has 0 heterocycles. The van der Waals surface area contributed by atoms with Gasteiger partial charge in [-0.25, -0.2) is 5.43 Å². The number of amides is 3. The molecule has 0 spiro atoms. The second kappa shape index (κ2) is 11.1. The maximum atomic E-state index is 12.3. The van der Waals surface area contributed by atoms with Crippen LogP contribution >= 0.6 is 11.6 Å². The number of carbonyl (C=O) groups excluding carboxylic acids is 3. The van der Waals surface area contributed by atoms with Crippen molar-refractivity contribution < 1.29 is 19.1 Å². The summed E-state index contributed by atoms with van der Waals surface area (Å²) in [5.74, 6) is -1.69. The van der Waals surface area contributed by atoms with E-state index in [9.17, 15) is 14.4 Å². The van der Waals surface area contributed by atoms with E-state index in [0.717, 1.165) is 11.1 Å². The highest BCUT2D eigenvalue weighted by molar-refractivity contribution is 6.35. The molecule has 0 unspecified atom stereocenters. The van der Waals surface area contributed by atoms with E-state index in [1.165, 1.54) is 6.21 Å². The van der Waals surface area contributed by atoms with Gasteiger partial charge in [0.2, 0.25) is 0 Å². The summed E-state index contributed by atoms with van der Waals surface area (Å²) >= 11 is 6.02. The first-order chi connectivity index (χ1) is 14.7. The molecule has 3 amide bonds. The molecule has 0 fully saturated rings. The van der Waals surface area contributed by atoms with Gasteiger partial charge >= 0.3 is 11.8 Å². The lowest BCUT2D eigenvalue weighted by Gasteiger charge is -2.12. The van der Waals surface area contributed by atoms with Gasteiger partial charge in [-0.05, 0) is 57.5 Å². The molecule has 3 N–H and O–H groups in total. The van der Waals surface area contributed by atoms with Crippen molar-refractivity contribution in [3.8, 4) is 5.75 Å². The van der Waals surface area contributed by atoms with E-state index in [0.29, 0.717) is 22.0 Å². The number of anilines is 1. The Morgan fingerprint density at radius 3 is 2.52 bits per heavy atom. The number of benzene rings is 2. The largest absolute Gasteiger partial charge is 0.483 e. The molecule has 0 saturated carbocycles. The van der Waals surface area contributed by atoms with Gasteiger partial charge in [0.05, 0.1) is 6.21 Å². The maximum absolute atomic E-state index is 12.3. The van der Waals surface area contributed by atoms with E-state index in [1.54, 1.807) is 32.0 Å². The molecule has 9 heteroatoms. The summed E-state index contributed by atoms with van der Waals surface area (Å²) < 4.78 is 5.59. The number of hydrogen-bond acceptors (Lipinski definition) is 5. The average molecular weight is 445 g/mol. The van der Waals surface area contributed by atoms with Crippen molar-refractivity contribution in [1.29, 1.82) is 0 Å². The van der Waals surface area contributed by atoms with Gasteiger partial charge in [0.1, 0.15) is 5.75 Å². The number of hydrazone groups is 1. The fraction of sp³-hybridized carbons (Fsp3) is 0.273. The van der Waals surface area contributed by atoms with Crippen molar-refractivity contribution in [2.75, 3.05) is 11.9 Å². The molecule has 0 aliphatic rings. The zero-order valence-electron chi connectivity index (χ0n) is 17.8. The summed E-state index contributed by atoms with van der Waals surface area (Å²) in [6.07, 6.45) is 1.28. The van der Waals surface area contributed by atoms with Crippen LogP contribution in [0.2, 0.25) is 5.02 Å². The highest BCUT2D eigenvalue weighted by Crippen LogP contribution is 2.22. The molecule has 0 bridgehead atoms. The first-order valence-electron chi connectivity index (χ1n) is 9.59. The van der Waals surface area contributed by atoms with Gasteiger partial charge in [0, 0.05) is 22.3 Å². The number of nitrogens with zero attached hydrogens (tertiary/aromatic N) is 1. The third-order valence-electron chi connectivity index (χ3n) is 3.98. The van der Waals surface area contributed by atoms with Crippen LogP contribution in [0.3, 0.4) is 0 Å². The topological polar surface area (TPSA) is 109 Å². The molecule has 0 aromatic heterocycles. The van der Waals surface area contributed by atoms with Crippen LogP contribution in [0, 0.1) is 13.8 Å². The maximum Gasteiger partial charge on any atom is 0.329 e. The second-order valence-electron chi connectivity index (χ2n) is 7.16. The van der Waals surface area contributed by atoms with Crippen LogP contribution in [0.5, 0.6) is 5.75 Å². The first-order valence-corrected chi connectivity index (χ1v) is 9.97. The summed E-state index contributed by atoms with van der Waals surface area (Å²) in [6, 6.07) is 10.3. The van der Waals surface area contributed by atoms with E-state index in [2.05, 4.69) is 21.2 Å². The molecular formula is C22H25ClN4O4. The highest BCUT2D eigenvalue weighted by atomic mass is 35.5. The number of carbonyl (C=O) groups is 3. The summed E-state index contributed by atoms with van der Waals surface area (Å²) in [4.78, 5) is 35.6. The normalized spacial score (nSPS) is 10.8. The Labute approximate surface area is 186 Å². The van der Waals surface area contributed by atoms with Gasteiger partial charge < -0.3 is 15.4 Å². The lowest BCUT2D eigenvalue weighted by Crippen LogP contribution is -2.41. The van der Waals surface area contributed by atoms with Crippen LogP contribution in [0.25, 0.3) is 0 Å². The Kier molecular flexibility index (Phi) is 8.57. The van der Waals surface area contributed by atoms with Crippen LogP contribution in [-0.2, 0) is 14.4 Å². The molecule has 31 heavy (non-hydrogen) atoms. The number of aryl methyl sites for hydroxylation is 2. The predicted molar refractivity (Wildman–Crippen MR) is 121 cm³/mol. The van der Waals surface area contributed by atoms with Crippen LogP contribution in [-0.4, -0.2) is 36.6 Å². The van der Waals surface area contributed by atoms with E-state index < -0.39 is 11.8 Å². The van der Waals surface area contributed by atoms with Crippen LogP contribution in [0.15, 0.2) is 41.5 Å². The zero-order chi connectivity index (χ0) is 23.0. The minimum atomic E-state index is -0.901. The number of nitrogens with one attached hydrogen (secondary N) is 3. The lowest BCUT2D eigenvalue weighted by atomic mass is 10.1. The van der Waals surface area contributed by atoms with E-state index in [4.69, 9.17) is 16.3 Å². The minimum absolute atomic E-state index is 0.176. The Morgan fingerprint density at radius 1 is 1.10 bits per heavy atom. The molecule has 0 radical (unpaired) electrons. The van der Waals surface area contributed by atoms with E-state index >= 15 is 0 Å². The van der Waals surface area contributed by atoms with Crippen molar-refractivity contribution >= 4 is 41.2 Å². The quantitative estimate of drug-likeness (QED) is 0.346. The Bertz CT molecular complexity index is 1010. The molecule has 2 rings (SSSR count). The average Bonchev–Trinajstić information content (AvgIpc) is 2.69. The smallest absolute Gasteiger partial charge is 0.329 e. The van der Waals surface area contributed by atoms with Crippen LogP contribution in [0.1, 0.15) is 30.5 Å². The van der Waals surface area contributed by atoms with Gasteiger partial charge in [-0.15, -0.1) is 0 Å². The van der Waals surface area contributed by atoms with Gasteiger partial charge in [0.15, 0.2) is 6.61 Å². The molecule has 2 aromatic rings. The third-order valence-corrected chi connectivity index (χ3v) is 4.22. The van der Waals surface area contributed by atoms with E-state index in [1.807, 2.05) is 32.0 Å². The summed E-state index contributed by atoms with van der Waals surface area (Å²) in [5, 5.41) is 9.43. The van der Waals surface area contributed by atoms with Gasteiger partial charge in [-0.2, -0.15) is 5.10 Å². The highest BCUT2D eigenvalue weighted by Gasteiger charge is 2.13. The summed E-state index contributed by atoms with van der Waals surface area (Å²) in [5.41, 5.74) is 5.32. The van der Waals surface area contributed by atoms with E-state index in [-0.39, 0.29) is 18.6 Å². The summed E-state index contributed by atoms with van der Waals surface area (Å²) in [6.45, 7) is 7.12. The molecule has 0 saturated heterocycles. The molecular weight excluding hydrogens is 420 g/mol. The lowest BCUT2D eigenvalue weighted by molar-refractivity contribution is -0.139. The molecule has 0 aliphatic heterocycles. The standard InChI is InChI=1S/C22H25ClN4O4/c1-13(2)25-21(29)22(30)27-24-11-16-10-17(23)6-8-19(16)31-12-20(28)26-18-7-5-14(3)9-15(18)4/h5-11,13H,12H2,1-4H3,(H,25,29)(H,26,28)(H,27,30)/b24-11-. The summed E-state index contributed by atoms with van der Waals surface area (Å²) in [7, 11) is 0. The molecule has 0 atom stereocenters. The second-order valence-corrected chi connectivity index (χ2v) is 7.60. The monoisotopic (exact) mass is 444 g/mol. The Morgan fingerprint density at radius 2 is 1.84 bits per heavy atom. The van der Waals surface area contributed by atoms with Gasteiger partial charge in [-0.3, -0.25) is 14.4 Å². The minimum Gasteiger partial charge on any atom is -0.483 e. The van der Waals surface area contributed by atoms with Crippen molar-refractivity contribution in [3.63, 3.8) is 0 Å². The molecule has 2 aromatic carbocycles. The van der Waals surface area contributed by atoms with Crippen molar-refractivity contribution in [1.82, 2.24) is 10.7 Å². The third kappa shape index (κ3) is 7.75. The Hall–Kier alpha value is -3.39. The Balaban J connectivity index is 2.00. The SMILES string of the molecule is Cc1ccc(NC(=O)COc2ccc(Cl)cc2/C=N\NC(=O)C(=O)NC(C)C)c(C)c1. The fourth-order valence-electron chi connectivity index (χ4n) is 2.57. The number of hydrogen-bond donors (Lipinski definition) is 3. The van der Waals surface area contributed by atoms with Gasteiger partial charge in [0.25, 0.3) is 5.91 Å². The number of halogens is 1.